The minimum Gasteiger partial charge on any atom is -0.508 e. The van der Waals surface area contributed by atoms with Gasteiger partial charge in [-0.2, -0.15) is 0 Å². The summed E-state index contributed by atoms with van der Waals surface area (Å²) < 4.78 is 0. The minimum atomic E-state index is -1.21. The first-order chi connectivity index (χ1) is 14.7. The van der Waals surface area contributed by atoms with E-state index >= 15 is 0 Å². The number of aromatic hydroxyl groups is 3. The summed E-state index contributed by atoms with van der Waals surface area (Å²) in [5.41, 5.74) is 2.95. The zero-order chi connectivity index (χ0) is 22.5. The lowest BCUT2D eigenvalue weighted by atomic mass is 9.97. The van der Waals surface area contributed by atoms with Crippen molar-refractivity contribution in [3.8, 4) is 17.2 Å². The van der Waals surface area contributed by atoms with Gasteiger partial charge in [-0.25, -0.2) is 9.59 Å². The van der Waals surface area contributed by atoms with E-state index in [0.29, 0.717) is 36.8 Å². The zero-order valence-corrected chi connectivity index (χ0v) is 16.6. The fourth-order valence-electron chi connectivity index (χ4n) is 3.36. The summed E-state index contributed by atoms with van der Waals surface area (Å²) in [5, 5.41) is 48.2. The molecule has 3 aromatic rings. The number of carbonyl (C=O) groups is 2. The molecule has 0 aliphatic heterocycles. The summed E-state index contributed by atoms with van der Waals surface area (Å²) in [7, 11) is 0. The Labute approximate surface area is 178 Å². The molecule has 3 aromatic carbocycles. The van der Waals surface area contributed by atoms with Gasteiger partial charge < -0.3 is 25.5 Å². The molecule has 7 heteroatoms. The molecule has 0 heterocycles. The number of aromatic carboxylic acids is 2. The summed E-state index contributed by atoms with van der Waals surface area (Å²) in [6, 6.07) is 13.9. The molecule has 0 spiro atoms. The third-order valence-electron chi connectivity index (χ3n) is 5.14. The monoisotopic (exact) mass is 422 g/mol. The Balaban J connectivity index is 1.69. The first kappa shape index (κ1) is 21.7. The SMILES string of the molecule is O=C(O)c1ccc(CCc2cc(CCc3ccc(C(=O)O)c(O)c3)c(O)cc2O)cc1. The Bertz CT molecular complexity index is 1120. The highest BCUT2D eigenvalue weighted by Gasteiger charge is 2.12. The van der Waals surface area contributed by atoms with E-state index in [0.717, 1.165) is 11.1 Å². The second kappa shape index (κ2) is 9.21. The maximum Gasteiger partial charge on any atom is 0.339 e. The largest absolute Gasteiger partial charge is 0.508 e. The summed E-state index contributed by atoms with van der Waals surface area (Å²) in [6.45, 7) is 0. The van der Waals surface area contributed by atoms with Gasteiger partial charge in [-0.3, -0.25) is 0 Å². The summed E-state index contributed by atoms with van der Waals surface area (Å²) in [5.74, 6) is -2.57. The van der Waals surface area contributed by atoms with Crippen LogP contribution < -0.4 is 0 Å². The van der Waals surface area contributed by atoms with Crippen LogP contribution in [0.15, 0.2) is 54.6 Å². The molecule has 0 saturated carbocycles. The lowest BCUT2D eigenvalue weighted by Gasteiger charge is -2.11. The summed E-state index contributed by atoms with van der Waals surface area (Å²) in [6.07, 6.45) is 1.97. The number of carboxylic acids is 2. The molecule has 0 aromatic heterocycles. The van der Waals surface area contributed by atoms with Crippen LogP contribution in [0.5, 0.6) is 17.2 Å². The Hall–Kier alpha value is -4.00. The lowest BCUT2D eigenvalue weighted by Crippen LogP contribution is -2.00. The molecule has 0 aliphatic carbocycles. The maximum atomic E-state index is 11.0. The summed E-state index contributed by atoms with van der Waals surface area (Å²) >= 11 is 0. The van der Waals surface area contributed by atoms with E-state index < -0.39 is 11.9 Å². The normalized spacial score (nSPS) is 10.7. The van der Waals surface area contributed by atoms with Crippen molar-refractivity contribution in [3.05, 3.63) is 88.0 Å². The number of carboxylic acid groups (broad SMARTS) is 2. The molecule has 0 radical (unpaired) electrons. The van der Waals surface area contributed by atoms with Crippen LogP contribution in [0, 0.1) is 0 Å². The second-order valence-electron chi connectivity index (χ2n) is 7.27. The van der Waals surface area contributed by atoms with Crippen molar-refractivity contribution in [3.63, 3.8) is 0 Å². The highest BCUT2D eigenvalue weighted by Crippen LogP contribution is 2.30. The third-order valence-corrected chi connectivity index (χ3v) is 5.14. The highest BCUT2D eigenvalue weighted by atomic mass is 16.4. The molecule has 0 aliphatic rings. The molecule has 0 unspecified atom stereocenters. The number of phenolic OH excluding ortho intramolecular Hbond substituents is 2. The Morgan fingerprint density at radius 2 is 1.13 bits per heavy atom. The molecule has 31 heavy (non-hydrogen) atoms. The topological polar surface area (TPSA) is 135 Å². The maximum absolute atomic E-state index is 11.0. The van der Waals surface area contributed by atoms with E-state index in [4.69, 9.17) is 10.2 Å². The number of rotatable bonds is 8. The van der Waals surface area contributed by atoms with Gasteiger partial charge in [0.05, 0.1) is 5.56 Å². The van der Waals surface area contributed by atoms with E-state index in [2.05, 4.69) is 0 Å². The van der Waals surface area contributed by atoms with Crippen LogP contribution in [0.3, 0.4) is 0 Å². The van der Waals surface area contributed by atoms with Crippen molar-refractivity contribution in [2.24, 2.45) is 0 Å². The number of hydrogen-bond acceptors (Lipinski definition) is 5. The molecule has 5 N–H and O–H groups in total. The molecule has 160 valence electrons. The van der Waals surface area contributed by atoms with Crippen LogP contribution in [0.2, 0.25) is 0 Å². The van der Waals surface area contributed by atoms with Crippen LogP contribution in [-0.4, -0.2) is 37.5 Å². The van der Waals surface area contributed by atoms with Crippen molar-refractivity contribution < 1.29 is 35.1 Å². The predicted molar refractivity (Wildman–Crippen MR) is 113 cm³/mol. The van der Waals surface area contributed by atoms with Gasteiger partial charge in [0.25, 0.3) is 0 Å². The lowest BCUT2D eigenvalue weighted by molar-refractivity contribution is 0.0684. The van der Waals surface area contributed by atoms with Crippen molar-refractivity contribution in [2.75, 3.05) is 0 Å². The molecule has 3 rings (SSSR count). The average Bonchev–Trinajstić information content (AvgIpc) is 2.72. The molecular weight excluding hydrogens is 400 g/mol. The molecule has 7 nitrogen and oxygen atoms in total. The van der Waals surface area contributed by atoms with Gasteiger partial charge in [0.2, 0.25) is 0 Å². The van der Waals surface area contributed by atoms with Crippen LogP contribution in [0.1, 0.15) is 43.0 Å². The highest BCUT2D eigenvalue weighted by molar-refractivity contribution is 5.90. The quantitative estimate of drug-likeness (QED) is 0.373. The van der Waals surface area contributed by atoms with Crippen LogP contribution in [-0.2, 0) is 25.7 Å². The summed E-state index contributed by atoms with van der Waals surface area (Å²) in [4.78, 5) is 21.9. The fourth-order valence-corrected chi connectivity index (χ4v) is 3.36. The average molecular weight is 422 g/mol. The molecule has 0 amide bonds. The number of phenols is 3. The van der Waals surface area contributed by atoms with E-state index in [9.17, 15) is 24.9 Å². The molecular formula is C24H22O7. The molecule has 0 fully saturated rings. The standard InChI is InChI=1S/C24H22O7/c25-20-13-21(26)18(9-4-15-5-10-19(24(30)31)22(27)11-15)12-17(20)8-3-14-1-6-16(7-2-14)23(28)29/h1-2,5-7,10-13,25-27H,3-4,8-9H2,(H,28,29)(H,30,31). The van der Waals surface area contributed by atoms with Gasteiger partial charge in [0.1, 0.15) is 22.8 Å². The van der Waals surface area contributed by atoms with Crippen LogP contribution in [0.4, 0.5) is 0 Å². The zero-order valence-electron chi connectivity index (χ0n) is 16.6. The van der Waals surface area contributed by atoms with E-state index in [-0.39, 0.29) is 28.4 Å². The van der Waals surface area contributed by atoms with E-state index in [1.165, 1.54) is 30.3 Å². The van der Waals surface area contributed by atoms with E-state index in [1.807, 2.05) is 0 Å². The van der Waals surface area contributed by atoms with Gasteiger partial charge >= 0.3 is 11.9 Å². The van der Waals surface area contributed by atoms with Crippen molar-refractivity contribution in [1.29, 1.82) is 0 Å². The van der Waals surface area contributed by atoms with Gasteiger partial charge in [0, 0.05) is 6.07 Å². The first-order valence-electron chi connectivity index (χ1n) is 9.65. The van der Waals surface area contributed by atoms with E-state index in [1.54, 1.807) is 24.3 Å². The molecule has 0 saturated heterocycles. The van der Waals surface area contributed by atoms with Gasteiger partial charge in [-0.15, -0.1) is 0 Å². The Morgan fingerprint density at radius 1 is 0.581 bits per heavy atom. The Kier molecular flexibility index (Phi) is 6.45. The predicted octanol–water partition coefficient (Wildman–Crippen LogP) is 3.77. The Morgan fingerprint density at radius 3 is 1.65 bits per heavy atom. The van der Waals surface area contributed by atoms with Gasteiger partial charge in [-0.05, 0) is 78.3 Å². The van der Waals surface area contributed by atoms with Gasteiger partial charge in [0.15, 0.2) is 0 Å². The third kappa shape index (κ3) is 5.33. The van der Waals surface area contributed by atoms with Crippen LogP contribution in [0.25, 0.3) is 0 Å². The fraction of sp³-hybridized carbons (Fsp3) is 0.167. The van der Waals surface area contributed by atoms with Gasteiger partial charge in [-0.1, -0.05) is 18.2 Å². The minimum absolute atomic E-state index is 0.0214. The van der Waals surface area contributed by atoms with Crippen molar-refractivity contribution in [2.45, 2.75) is 25.7 Å². The first-order valence-corrected chi connectivity index (χ1v) is 9.65. The van der Waals surface area contributed by atoms with Crippen LogP contribution >= 0.6 is 0 Å². The van der Waals surface area contributed by atoms with Crippen molar-refractivity contribution >= 4 is 11.9 Å². The number of hydrogen-bond donors (Lipinski definition) is 5. The van der Waals surface area contributed by atoms with Crippen molar-refractivity contribution in [1.82, 2.24) is 0 Å². The second-order valence-corrected chi connectivity index (χ2v) is 7.27. The number of benzene rings is 3. The molecule has 0 bridgehead atoms. The smallest absolute Gasteiger partial charge is 0.339 e. The molecule has 0 atom stereocenters. The number of aryl methyl sites for hydroxylation is 4.